The summed E-state index contributed by atoms with van der Waals surface area (Å²) in [4.78, 5) is 33.2. The topological polar surface area (TPSA) is 65.5 Å². The molecule has 1 aromatic heterocycles. The number of carbonyl (C=O) groups excluding carboxylic acids is 2. The van der Waals surface area contributed by atoms with Crippen molar-refractivity contribution in [3.05, 3.63) is 30.1 Å². The third-order valence-corrected chi connectivity index (χ3v) is 5.57. The van der Waals surface area contributed by atoms with Crippen LogP contribution >= 0.6 is 0 Å². The van der Waals surface area contributed by atoms with Gasteiger partial charge in [-0.05, 0) is 63.9 Å². The van der Waals surface area contributed by atoms with Crippen molar-refractivity contribution in [2.24, 2.45) is 5.92 Å². The first-order valence-electron chi connectivity index (χ1n) is 9.74. The smallest absolute Gasteiger partial charge is 0.226 e. The van der Waals surface area contributed by atoms with Crippen LogP contribution in [0.4, 0.5) is 0 Å². The second kappa shape index (κ2) is 8.62. The number of amides is 2. The van der Waals surface area contributed by atoms with E-state index in [1.54, 1.807) is 12.4 Å². The summed E-state index contributed by atoms with van der Waals surface area (Å²) < 4.78 is 0. The van der Waals surface area contributed by atoms with Gasteiger partial charge in [-0.1, -0.05) is 0 Å². The highest BCUT2D eigenvalue weighted by molar-refractivity contribution is 5.80. The van der Waals surface area contributed by atoms with Crippen LogP contribution in [0.5, 0.6) is 0 Å². The van der Waals surface area contributed by atoms with E-state index < -0.39 is 0 Å². The molecule has 0 aliphatic carbocycles. The zero-order valence-electron chi connectivity index (χ0n) is 15.9. The maximum Gasteiger partial charge on any atom is 0.226 e. The zero-order valence-corrected chi connectivity index (χ0v) is 15.9. The minimum absolute atomic E-state index is 0.0732. The highest BCUT2D eigenvalue weighted by Gasteiger charge is 2.32. The molecule has 3 heterocycles. The Morgan fingerprint density at radius 1 is 1.27 bits per heavy atom. The molecule has 2 aliphatic heterocycles. The number of carbonyl (C=O) groups is 2. The van der Waals surface area contributed by atoms with Gasteiger partial charge in [0.15, 0.2) is 0 Å². The molecule has 2 amide bonds. The summed E-state index contributed by atoms with van der Waals surface area (Å²) in [5, 5.41) is 3.00. The molecule has 0 spiro atoms. The number of hydrogen-bond acceptors (Lipinski definition) is 4. The highest BCUT2D eigenvalue weighted by Crippen LogP contribution is 2.23. The third-order valence-electron chi connectivity index (χ3n) is 5.57. The molecule has 142 valence electrons. The van der Waals surface area contributed by atoms with Gasteiger partial charge in [-0.15, -0.1) is 0 Å². The molecule has 2 aliphatic rings. The van der Waals surface area contributed by atoms with Crippen molar-refractivity contribution in [3.63, 3.8) is 0 Å². The number of nitrogens with one attached hydrogen (secondary N) is 1. The van der Waals surface area contributed by atoms with E-state index in [4.69, 9.17) is 0 Å². The Morgan fingerprint density at radius 3 is 2.54 bits per heavy atom. The van der Waals surface area contributed by atoms with Gasteiger partial charge in [0.05, 0.1) is 0 Å². The van der Waals surface area contributed by atoms with E-state index >= 15 is 0 Å². The molecular weight excluding hydrogens is 328 g/mol. The van der Waals surface area contributed by atoms with Gasteiger partial charge in [-0.3, -0.25) is 14.6 Å². The van der Waals surface area contributed by atoms with Gasteiger partial charge >= 0.3 is 0 Å². The van der Waals surface area contributed by atoms with E-state index in [2.05, 4.69) is 29.0 Å². The Bertz CT molecular complexity index is 611. The van der Waals surface area contributed by atoms with Crippen LogP contribution < -0.4 is 5.32 Å². The monoisotopic (exact) mass is 358 g/mol. The van der Waals surface area contributed by atoms with Gasteiger partial charge < -0.3 is 15.1 Å². The predicted octanol–water partition coefficient (Wildman–Crippen LogP) is 1.81. The van der Waals surface area contributed by atoms with Gasteiger partial charge in [0.2, 0.25) is 11.8 Å². The summed E-state index contributed by atoms with van der Waals surface area (Å²) in [7, 11) is 0. The van der Waals surface area contributed by atoms with Gasteiger partial charge in [-0.2, -0.15) is 0 Å². The maximum absolute atomic E-state index is 13.2. The first-order valence-corrected chi connectivity index (χ1v) is 9.74. The maximum atomic E-state index is 13.2. The standard InChI is InChI=1S/C20H30N4O2/c1-15(2)23-11-7-17(8-12-23)20(26)24(13-16-5-9-21-10-6-16)14-18-3-4-19(25)22-18/h5-6,9-10,15,17-18H,3-4,7-8,11-14H2,1-2H3,(H,22,25). The molecule has 0 saturated carbocycles. The van der Waals surface area contributed by atoms with Crippen molar-refractivity contribution in [1.29, 1.82) is 0 Å². The minimum Gasteiger partial charge on any atom is -0.352 e. The van der Waals surface area contributed by atoms with Crippen LogP contribution in [0.15, 0.2) is 24.5 Å². The van der Waals surface area contributed by atoms with E-state index in [0.717, 1.165) is 37.9 Å². The summed E-state index contributed by atoms with van der Waals surface area (Å²) in [6.07, 6.45) is 6.73. The van der Waals surface area contributed by atoms with Crippen molar-refractivity contribution in [2.75, 3.05) is 19.6 Å². The average Bonchev–Trinajstić information content (AvgIpc) is 3.06. The lowest BCUT2D eigenvalue weighted by molar-refractivity contribution is -0.138. The Morgan fingerprint density at radius 2 is 1.96 bits per heavy atom. The number of likely N-dealkylation sites (tertiary alicyclic amines) is 1. The molecular formula is C20H30N4O2. The lowest BCUT2D eigenvalue weighted by atomic mass is 9.94. The minimum atomic E-state index is 0.0732. The van der Waals surface area contributed by atoms with Crippen LogP contribution in [-0.4, -0.2) is 58.3 Å². The molecule has 1 unspecified atom stereocenters. The lowest BCUT2D eigenvalue weighted by Crippen LogP contribution is -2.47. The van der Waals surface area contributed by atoms with E-state index in [0.29, 0.717) is 25.6 Å². The van der Waals surface area contributed by atoms with Crippen LogP contribution in [0.2, 0.25) is 0 Å². The van der Waals surface area contributed by atoms with Gasteiger partial charge in [-0.25, -0.2) is 0 Å². The second-order valence-electron chi connectivity index (χ2n) is 7.78. The van der Waals surface area contributed by atoms with Crippen molar-refractivity contribution in [2.45, 2.75) is 58.2 Å². The summed E-state index contributed by atoms with van der Waals surface area (Å²) in [5.41, 5.74) is 1.08. The van der Waals surface area contributed by atoms with E-state index in [-0.39, 0.29) is 23.8 Å². The number of piperidine rings is 1. The summed E-state index contributed by atoms with van der Waals surface area (Å²) in [5.74, 6) is 0.409. The SMILES string of the molecule is CC(C)N1CCC(C(=O)N(Cc2ccncc2)CC2CCC(=O)N2)CC1. The molecule has 3 rings (SSSR count). The molecule has 2 fully saturated rings. The summed E-state index contributed by atoms with van der Waals surface area (Å²) >= 11 is 0. The number of hydrogen-bond donors (Lipinski definition) is 1. The molecule has 1 atom stereocenters. The summed E-state index contributed by atoms with van der Waals surface area (Å²) in [6, 6.07) is 4.51. The molecule has 0 bridgehead atoms. The fraction of sp³-hybridized carbons (Fsp3) is 0.650. The Labute approximate surface area is 156 Å². The third kappa shape index (κ3) is 4.81. The van der Waals surface area contributed by atoms with Crippen molar-refractivity contribution < 1.29 is 9.59 Å². The fourth-order valence-electron chi connectivity index (χ4n) is 3.94. The van der Waals surface area contributed by atoms with Gasteiger partial charge in [0.1, 0.15) is 0 Å². The molecule has 1 aromatic rings. The van der Waals surface area contributed by atoms with Crippen LogP contribution in [0.1, 0.15) is 45.1 Å². The van der Waals surface area contributed by atoms with Gasteiger partial charge in [0, 0.05) is 49.9 Å². The quantitative estimate of drug-likeness (QED) is 0.842. The number of aromatic nitrogens is 1. The van der Waals surface area contributed by atoms with Crippen LogP contribution in [-0.2, 0) is 16.1 Å². The molecule has 6 heteroatoms. The van der Waals surface area contributed by atoms with E-state index in [1.807, 2.05) is 17.0 Å². The van der Waals surface area contributed by atoms with Crippen molar-refractivity contribution in [3.8, 4) is 0 Å². The normalized spacial score (nSPS) is 21.8. The van der Waals surface area contributed by atoms with E-state index in [1.165, 1.54) is 0 Å². The molecule has 2 saturated heterocycles. The molecule has 0 radical (unpaired) electrons. The predicted molar refractivity (Wildman–Crippen MR) is 100 cm³/mol. The largest absolute Gasteiger partial charge is 0.352 e. The van der Waals surface area contributed by atoms with Crippen molar-refractivity contribution in [1.82, 2.24) is 20.1 Å². The number of rotatable bonds is 6. The summed E-state index contributed by atoms with van der Waals surface area (Å²) in [6.45, 7) is 7.56. The average molecular weight is 358 g/mol. The molecule has 1 N–H and O–H groups in total. The highest BCUT2D eigenvalue weighted by atomic mass is 16.2. The second-order valence-corrected chi connectivity index (χ2v) is 7.78. The van der Waals surface area contributed by atoms with E-state index in [9.17, 15) is 9.59 Å². The lowest BCUT2D eigenvalue weighted by Gasteiger charge is -2.36. The number of pyridine rings is 1. The van der Waals surface area contributed by atoms with Crippen LogP contribution in [0, 0.1) is 5.92 Å². The fourth-order valence-corrected chi connectivity index (χ4v) is 3.94. The molecule has 26 heavy (non-hydrogen) atoms. The zero-order chi connectivity index (χ0) is 18.5. The number of nitrogens with zero attached hydrogens (tertiary/aromatic N) is 3. The molecule has 6 nitrogen and oxygen atoms in total. The first kappa shape index (κ1) is 18.8. The van der Waals surface area contributed by atoms with Crippen LogP contribution in [0.3, 0.4) is 0 Å². The van der Waals surface area contributed by atoms with Crippen molar-refractivity contribution >= 4 is 11.8 Å². The molecule has 0 aromatic carbocycles. The van der Waals surface area contributed by atoms with Gasteiger partial charge in [0.25, 0.3) is 0 Å². The first-order chi connectivity index (χ1) is 12.5. The Kier molecular flexibility index (Phi) is 6.25. The Balaban J connectivity index is 1.65. The Hall–Kier alpha value is -1.95. The van der Waals surface area contributed by atoms with Crippen LogP contribution in [0.25, 0.3) is 0 Å².